The Balaban J connectivity index is 2.63. The van der Waals surface area contributed by atoms with Crippen molar-refractivity contribution in [2.45, 2.75) is 38.6 Å². The Morgan fingerprint density at radius 3 is 2.54 bits per heavy atom. The number of aliphatic hydroxyl groups is 2. The molecule has 0 aliphatic carbocycles. The smallest absolute Gasteiger partial charge is 0.334 e. The number of carbonyl (C=O) groups excluding carboxylic acids is 1. The first kappa shape index (κ1) is 10.2. The fourth-order valence-electron chi connectivity index (χ4n) is 1.21. The zero-order valence-corrected chi connectivity index (χ0v) is 7.73. The van der Waals surface area contributed by atoms with Crippen molar-refractivity contribution in [3.63, 3.8) is 0 Å². The van der Waals surface area contributed by atoms with Gasteiger partial charge in [0.1, 0.15) is 6.10 Å². The van der Waals surface area contributed by atoms with Crippen molar-refractivity contribution in [3.8, 4) is 0 Å². The van der Waals surface area contributed by atoms with Gasteiger partial charge in [0.2, 0.25) is 0 Å². The molecule has 0 bridgehead atoms. The molecule has 4 heteroatoms. The van der Waals surface area contributed by atoms with Crippen molar-refractivity contribution in [2.75, 3.05) is 0 Å². The van der Waals surface area contributed by atoms with Crippen LogP contribution in [0.25, 0.3) is 0 Å². The monoisotopic (exact) mass is 186 g/mol. The maximum absolute atomic E-state index is 11.1. The molecule has 2 N–H and O–H groups in total. The van der Waals surface area contributed by atoms with Crippen LogP contribution in [-0.4, -0.2) is 34.5 Å². The summed E-state index contributed by atoms with van der Waals surface area (Å²) in [6.45, 7) is 3.16. The van der Waals surface area contributed by atoms with Crippen LogP contribution in [0.1, 0.15) is 20.3 Å². The number of hydrogen-bond acceptors (Lipinski definition) is 4. The molecule has 13 heavy (non-hydrogen) atoms. The Kier molecular flexibility index (Phi) is 3.06. The number of cyclic esters (lactones) is 1. The number of ether oxygens (including phenoxy) is 1. The highest BCUT2D eigenvalue weighted by molar-refractivity contribution is 5.91. The molecular weight excluding hydrogens is 172 g/mol. The molecule has 0 aromatic heterocycles. The maximum atomic E-state index is 11.1. The fraction of sp³-hybridized carbons (Fsp3) is 0.667. The average Bonchev–Trinajstić information content (AvgIpc) is 2.31. The minimum Gasteiger partial charge on any atom is -0.452 e. The maximum Gasteiger partial charge on any atom is 0.334 e. The zero-order valence-electron chi connectivity index (χ0n) is 7.73. The van der Waals surface area contributed by atoms with E-state index in [1.165, 1.54) is 0 Å². The van der Waals surface area contributed by atoms with E-state index in [0.29, 0.717) is 5.57 Å². The molecule has 0 aromatic rings. The molecule has 3 atom stereocenters. The van der Waals surface area contributed by atoms with Crippen LogP contribution in [0.2, 0.25) is 0 Å². The summed E-state index contributed by atoms with van der Waals surface area (Å²) in [6.07, 6.45) is 0.0325. The van der Waals surface area contributed by atoms with E-state index in [1.54, 1.807) is 19.9 Å². The van der Waals surface area contributed by atoms with Gasteiger partial charge in [-0.1, -0.05) is 0 Å². The van der Waals surface area contributed by atoms with Crippen LogP contribution in [0, 0.1) is 0 Å². The van der Waals surface area contributed by atoms with Crippen LogP contribution >= 0.6 is 0 Å². The first-order chi connectivity index (χ1) is 6.00. The third-order valence-electron chi connectivity index (χ3n) is 1.86. The van der Waals surface area contributed by atoms with Gasteiger partial charge in [-0.05, 0) is 19.9 Å². The molecule has 1 rings (SSSR count). The summed E-state index contributed by atoms with van der Waals surface area (Å²) in [5, 5.41) is 18.2. The fourth-order valence-corrected chi connectivity index (χ4v) is 1.21. The topological polar surface area (TPSA) is 66.8 Å². The third kappa shape index (κ3) is 2.54. The lowest BCUT2D eigenvalue weighted by Gasteiger charge is -2.09. The standard InChI is InChI=1S/C9H14O4/c1-5(10)3-7-4-8(6(2)11)13-9(7)12/h4-6,8,10-11H,3H2,1-2H3/t5-,6-,8+/m1/s1. The summed E-state index contributed by atoms with van der Waals surface area (Å²) >= 11 is 0. The number of aliphatic hydroxyl groups excluding tert-OH is 2. The highest BCUT2D eigenvalue weighted by Gasteiger charge is 2.28. The highest BCUT2D eigenvalue weighted by Crippen LogP contribution is 2.20. The summed E-state index contributed by atoms with van der Waals surface area (Å²) in [7, 11) is 0. The van der Waals surface area contributed by atoms with E-state index in [4.69, 9.17) is 14.9 Å². The Hall–Kier alpha value is -0.870. The van der Waals surface area contributed by atoms with Crippen LogP contribution in [-0.2, 0) is 9.53 Å². The predicted molar refractivity (Wildman–Crippen MR) is 45.9 cm³/mol. The molecular formula is C9H14O4. The Bertz CT molecular complexity index is 230. The highest BCUT2D eigenvalue weighted by atomic mass is 16.6. The minimum atomic E-state index is -0.699. The lowest BCUT2D eigenvalue weighted by atomic mass is 10.1. The predicted octanol–water partition coefficient (Wildman–Crippen LogP) is -0.0101. The van der Waals surface area contributed by atoms with Crippen LogP contribution < -0.4 is 0 Å². The summed E-state index contributed by atoms with van der Waals surface area (Å²) in [5.74, 6) is -0.438. The zero-order chi connectivity index (χ0) is 10.0. The Morgan fingerprint density at radius 1 is 1.54 bits per heavy atom. The first-order valence-electron chi connectivity index (χ1n) is 4.28. The van der Waals surface area contributed by atoms with Crippen LogP contribution in [0.3, 0.4) is 0 Å². The molecule has 1 aliphatic rings. The van der Waals surface area contributed by atoms with Crippen molar-refractivity contribution in [1.82, 2.24) is 0 Å². The Morgan fingerprint density at radius 2 is 2.15 bits per heavy atom. The van der Waals surface area contributed by atoms with E-state index in [0.717, 1.165) is 0 Å². The van der Waals surface area contributed by atoms with Crippen LogP contribution in [0.5, 0.6) is 0 Å². The Labute approximate surface area is 76.8 Å². The molecule has 74 valence electrons. The second-order valence-corrected chi connectivity index (χ2v) is 3.36. The van der Waals surface area contributed by atoms with Gasteiger partial charge < -0.3 is 14.9 Å². The summed E-state index contributed by atoms with van der Waals surface area (Å²) in [5.41, 5.74) is 0.445. The van der Waals surface area contributed by atoms with E-state index in [-0.39, 0.29) is 6.42 Å². The summed E-state index contributed by atoms with van der Waals surface area (Å²) < 4.78 is 4.84. The molecule has 0 spiro atoms. The summed E-state index contributed by atoms with van der Waals surface area (Å²) in [6, 6.07) is 0. The lowest BCUT2D eigenvalue weighted by molar-refractivity contribution is -0.143. The van der Waals surface area contributed by atoms with Crippen LogP contribution in [0.15, 0.2) is 11.6 Å². The molecule has 0 fully saturated rings. The second kappa shape index (κ2) is 3.89. The first-order valence-corrected chi connectivity index (χ1v) is 4.28. The minimum absolute atomic E-state index is 0.280. The molecule has 0 saturated carbocycles. The SMILES string of the molecule is C[C@@H](O)CC1=C[C@@H]([C@@H](C)O)OC1=O. The number of carbonyl (C=O) groups is 1. The molecule has 4 nitrogen and oxygen atoms in total. The molecule has 0 amide bonds. The van der Waals surface area contributed by atoms with Gasteiger partial charge in [0.15, 0.2) is 0 Å². The normalized spacial score (nSPS) is 26.6. The van der Waals surface area contributed by atoms with Gasteiger partial charge in [0.05, 0.1) is 12.2 Å². The molecule has 0 radical (unpaired) electrons. The largest absolute Gasteiger partial charge is 0.452 e. The van der Waals surface area contributed by atoms with Crippen molar-refractivity contribution >= 4 is 5.97 Å². The third-order valence-corrected chi connectivity index (χ3v) is 1.86. The van der Waals surface area contributed by atoms with Gasteiger partial charge in [0.25, 0.3) is 0 Å². The van der Waals surface area contributed by atoms with Gasteiger partial charge in [-0.15, -0.1) is 0 Å². The quantitative estimate of drug-likeness (QED) is 0.608. The van der Waals surface area contributed by atoms with E-state index < -0.39 is 24.3 Å². The number of esters is 1. The van der Waals surface area contributed by atoms with E-state index in [2.05, 4.69) is 0 Å². The molecule has 0 saturated heterocycles. The molecule has 1 heterocycles. The van der Waals surface area contributed by atoms with Crippen molar-refractivity contribution < 1.29 is 19.7 Å². The lowest BCUT2D eigenvalue weighted by Crippen LogP contribution is -2.21. The van der Waals surface area contributed by atoms with Gasteiger partial charge in [-0.25, -0.2) is 4.79 Å². The molecule has 1 aliphatic heterocycles. The van der Waals surface area contributed by atoms with Crippen molar-refractivity contribution in [2.24, 2.45) is 0 Å². The van der Waals surface area contributed by atoms with Gasteiger partial charge in [-0.3, -0.25) is 0 Å². The van der Waals surface area contributed by atoms with Crippen LogP contribution in [0.4, 0.5) is 0 Å². The van der Waals surface area contributed by atoms with E-state index in [1.807, 2.05) is 0 Å². The second-order valence-electron chi connectivity index (χ2n) is 3.36. The van der Waals surface area contributed by atoms with E-state index >= 15 is 0 Å². The summed E-state index contributed by atoms with van der Waals surface area (Å²) in [4.78, 5) is 11.1. The van der Waals surface area contributed by atoms with Gasteiger partial charge >= 0.3 is 5.97 Å². The number of rotatable bonds is 3. The molecule has 0 aromatic carbocycles. The van der Waals surface area contributed by atoms with E-state index in [9.17, 15) is 4.79 Å². The molecule has 0 unspecified atom stereocenters. The van der Waals surface area contributed by atoms with Gasteiger partial charge in [-0.2, -0.15) is 0 Å². The van der Waals surface area contributed by atoms with Gasteiger partial charge in [0, 0.05) is 12.0 Å². The van der Waals surface area contributed by atoms with Crippen molar-refractivity contribution in [1.29, 1.82) is 0 Å². The number of hydrogen-bond donors (Lipinski definition) is 2. The van der Waals surface area contributed by atoms with Crippen molar-refractivity contribution in [3.05, 3.63) is 11.6 Å². The average molecular weight is 186 g/mol.